The van der Waals surface area contributed by atoms with Crippen LogP contribution < -0.4 is 12.4 Å². The molecule has 4 saturated heterocycles. The molecule has 2 bridgehead atoms. The number of hydrogen-bond donors (Lipinski definition) is 0. The number of benzene rings is 1. The van der Waals surface area contributed by atoms with Crippen LogP contribution >= 0.6 is 22.9 Å². The van der Waals surface area contributed by atoms with Gasteiger partial charge >= 0.3 is 5.97 Å². The van der Waals surface area contributed by atoms with E-state index in [1.807, 2.05) is 24.3 Å². The number of fused-ring (bicyclic) bond motifs is 3. The van der Waals surface area contributed by atoms with E-state index in [2.05, 4.69) is 30.0 Å². The third-order valence-corrected chi connectivity index (χ3v) is 9.77. The van der Waals surface area contributed by atoms with Crippen molar-refractivity contribution in [3.8, 4) is 0 Å². The number of thiophene rings is 1. The first-order valence-electron chi connectivity index (χ1n) is 12.6. The van der Waals surface area contributed by atoms with Gasteiger partial charge in [-0.25, -0.2) is 4.79 Å². The first-order chi connectivity index (χ1) is 16.0. The van der Waals surface area contributed by atoms with E-state index in [4.69, 9.17) is 16.3 Å². The lowest BCUT2D eigenvalue weighted by Crippen LogP contribution is -3.00. The zero-order valence-corrected chi connectivity index (χ0v) is 22.4. The monoisotopic (exact) mass is 522 g/mol. The summed E-state index contributed by atoms with van der Waals surface area (Å²) in [5.41, 5.74) is 0.336. The van der Waals surface area contributed by atoms with Gasteiger partial charge in [0.25, 0.3) is 0 Å². The summed E-state index contributed by atoms with van der Waals surface area (Å²) in [5, 5.41) is 0. The quantitative estimate of drug-likeness (QED) is 0.413. The van der Waals surface area contributed by atoms with Crippen LogP contribution in [-0.2, 0) is 21.5 Å². The van der Waals surface area contributed by atoms with Gasteiger partial charge in [0.15, 0.2) is 6.10 Å². The highest BCUT2D eigenvalue weighted by Crippen LogP contribution is 2.39. The van der Waals surface area contributed by atoms with Crippen LogP contribution in [0.2, 0.25) is 4.34 Å². The molecule has 2 atom stereocenters. The molecule has 2 aromatic rings. The molecule has 4 nitrogen and oxygen atoms in total. The molecule has 0 radical (unpaired) electrons. The molecule has 0 spiro atoms. The number of rotatable bonds is 7. The van der Waals surface area contributed by atoms with Crippen molar-refractivity contribution in [2.75, 3.05) is 39.3 Å². The van der Waals surface area contributed by atoms with Gasteiger partial charge in [0, 0.05) is 30.1 Å². The zero-order valence-electron chi connectivity index (χ0n) is 20.1. The van der Waals surface area contributed by atoms with Crippen molar-refractivity contribution in [3.05, 3.63) is 57.2 Å². The Morgan fingerprint density at radius 1 is 1.12 bits per heavy atom. The molecule has 186 valence electrons. The molecule has 1 aromatic heterocycles. The second kappa shape index (κ2) is 10.9. The normalized spacial score (nSPS) is 28.6. The van der Waals surface area contributed by atoms with Crippen LogP contribution in [0.25, 0.3) is 0 Å². The number of halogens is 2. The highest BCUT2D eigenvalue weighted by Gasteiger charge is 2.50. The Kier molecular flexibility index (Phi) is 8.31. The first kappa shape index (κ1) is 26.0. The SMILES string of the molecule is C[C@@](C(=O)O[C@H]1C[N+]2(CCc3ccc(Cl)s3)CCC1CC2)(c1ccccc1)N1CCCCC1.[Cl-]. The third kappa shape index (κ3) is 5.19. The lowest BCUT2D eigenvalue weighted by atomic mass is 9.82. The molecule has 0 unspecified atom stereocenters. The van der Waals surface area contributed by atoms with Crippen LogP contribution in [0.5, 0.6) is 0 Å². The molecule has 0 N–H and O–H groups in total. The van der Waals surface area contributed by atoms with E-state index in [-0.39, 0.29) is 24.5 Å². The van der Waals surface area contributed by atoms with Crippen molar-refractivity contribution in [2.24, 2.45) is 5.92 Å². The highest BCUT2D eigenvalue weighted by molar-refractivity contribution is 7.16. The Balaban J connectivity index is 0.00000274. The van der Waals surface area contributed by atoms with E-state index < -0.39 is 5.54 Å². The van der Waals surface area contributed by atoms with Gasteiger partial charge in [-0.1, -0.05) is 48.4 Å². The third-order valence-electron chi connectivity index (χ3n) is 8.48. The molecule has 4 aliphatic rings. The molecule has 0 saturated carbocycles. The summed E-state index contributed by atoms with van der Waals surface area (Å²) in [4.78, 5) is 17.6. The number of hydrogen-bond acceptors (Lipinski definition) is 4. The molecule has 6 rings (SSSR count). The summed E-state index contributed by atoms with van der Waals surface area (Å²) in [5.74, 6) is 0.448. The summed E-state index contributed by atoms with van der Waals surface area (Å²) in [7, 11) is 0. The fourth-order valence-electron chi connectivity index (χ4n) is 6.29. The number of quaternary nitrogens is 1. The number of ether oxygens (including phenoxy) is 1. The van der Waals surface area contributed by atoms with Gasteiger partial charge in [0.05, 0.1) is 24.0 Å². The number of nitrogens with zero attached hydrogens (tertiary/aromatic N) is 2. The van der Waals surface area contributed by atoms with Crippen LogP contribution in [0, 0.1) is 5.92 Å². The maximum Gasteiger partial charge on any atom is 0.331 e. The summed E-state index contributed by atoms with van der Waals surface area (Å²) >= 11 is 7.84. The smallest absolute Gasteiger partial charge is 0.331 e. The predicted octanol–water partition coefficient (Wildman–Crippen LogP) is 2.50. The molecular formula is C27H36Cl2N2O2S. The molecular weight excluding hydrogens is 487 g/mol. The number of carbonyl (C=O) groups is 1. The van der Waals surface area contributed by atoms with Crippen LogP contribution in [0.3, 0.4) is 0 Å². The highest BCUT2D eigenvalue weighted by atomic mass is 35.5. The average Bonchev–Trinajstić information content (AvgIpc) is 3.29. The number of likely N-dealkylation sites (tertiary alicyclic amines) is 1. The molecule has 4 aliphatic heterocycles. The van der Waals surface area contributed by atoms with Crippen molar-refractivity contribution in [1.29, 1.82) is 0 Å². The van der Waals surface area contributed by atoms with Gasteiger partial charge in [-0.3, -0.25) is 4.90 Å². The topological polar surface area (TPSA) is 29.5 Å². The van der Waals surface area contributed by atoms with E-state index in [1.165, 1.54) is 24.4 Å². The van der Waals surface area contributed by atoms with Gasteiger partial charge in [0.1, 0.15) is 12.1 Å². The van der Waals surface area contributed by atoms with Crippen LogP contribution in [0.1, 0.15) is 49.5 Å². The Morgan fingerprint density at radius 2 is 1.82 bits per heavy atom. The van der Waals surface area contributed by atoms with Crippen molar-refractivity contribution in [3.63, 3.8) is 0 Å². The maximum atomic E-state index is 13.9. The lowest BCUT2D eigenvalue weighted by molar-refractivity contribution is -0.946. The van der Waals surface area contributed by atoms with Crippen molar-refractivity contribution in [2.45, 2.75) is 57.1 Å². The van der Waals surface area contributed by atoms with Crippen LogP contribution in [0.4, 0.5) is 0 Å². The fraction of sp³-hybridized carbons (Fsp3) is 0.593. The van der Waals surface area contributed by atoms with E-state index in [9.17, 15) is 4.79 Å². The standard InChI is InChI=1S/C27H36ClN2O2S.ClH/c1-27(22-8-4-2-5-9-22,29-15-6-3-7-16-29)26(31)32-24-20-30(17-12-21(24)13-18-30)19-14-23-10-11-25(28)33-23;/h2,4-5,8-11,21,24H,3,6-7,12-20H2,1H3;1H/q+1;/p-1/t21?,24-,27-,30?;/m0./s1. The Bertz CT molecular complexity index is 955. The molecule has 34 heavy (non-hydrogen) atoms. The van der Waals surface area contributed by atoms with Crippen LogP contribution in [0.15, 0.2) is 42.5 Å². The second-order valence-corrected chi connectivity index (χ2v) is 12.2. The minimum Gasteiger partial charge on any atom is -1.00 e. The van der Waals surface area contributed by atoms with Gasteiger partial charge in [-0.15, -0.1) is 11.3 Å². The lowest BCUT2D eigenvalue weighted by Gasteiger charge is -2.52. The minimum absolute atomic E-state index is 0. The van der Waals surface area contributed by atoms with Crippen LogP contribution in [-0.4, -0.2) is 60.7 Å². The molecule has 1 aromatic carbocycles. The maximum absolute atomic E-state index is 13.9. The average molecular weight is 524 g/mol. The summed E-state index contributed by atoms with van der Waals surface area (Å²) < 4.78 is 8.41. The van der Waals surface area contributed by atoms with Gasteiger partial charge in [0.2, 0.25) is 0 Å². The summed E-state index contributed by atoms with van der Waals surface area (Å²) in [6, 6.07) is 14.4. The van der Waals surface area contributed by atoms with Crippen molar-refractivity contribution < 1.29 is 26.4 Å². The van der Waals surface area contributed by atoms with E-state index in [0.29, 0.717) is 5.92 Å². The second-order valence-electron chi connectivity index (χ2n) is 10.4. The Hall–Kier alpha value is -1.11. The number of carbonyl (C=O) groups excluding carboxylic acids is 1. The zero-order chi connectivity index (χ0) is 22.9. The van der Waals surface area contributed by atoms with Crippen molar-refractivity contribution >= 4 is 28.9 Å². The molecule has 0 amide bonds. The van der Waals surface area contributed by atoms with Gasteiger partial charge in [-0.05, 0) is 50.6 Å². The predicted molar refractivity (Wildman–Crippen MR) is 135 cm³/mol. The van der Waals surface area contributed by atoms with Gasteiger partial charge < -0.3 is 21.6 Å². The number of piperidine rings is 4. The van der Waals surface area contributed by atoms with Crippen molar-refractivity contribution in [1.82, 2.24) is 4.90 Å². The largest absolute Gasteiger partial charge is 1.00 e. The van der Waals surface area contributed by atoms with E-state index in [1.54, 1.807) is 11.3 Å². The summed E-state index contributed by atoms with van der Waals surface area (Å²) in [6.45, 7) is 8.48. The molecule has 0 aliphatic carbocycles. The Morgan fingerprint density at radius 3 is 2.47 bits per heavy atom. The summed E-state index contributed by atoms with van der Waals surface area (Å²) in [6.07, 6.45) is 6.95. The molecule has 5 heterocycles. The van der Waals surface area contributed by atoms with Gasteiger partial charge in [-0.2, -0.15) is 0 Å². The van der Waals surface area contributed by atoms with E-state index >= 15 is 0 Å². The molecule has 4 fully saturated rings. The molecule has 7 heteroatoms. The fourth-order valence-corrected chi connectivity index (χ4v) is 7.36. The minimum atomic E-state index is -0.716. The first-order valence-corrected chi connectivity index (χ1v) is 13.8. The number of esters is 1. The Labute approximate surface area is 219 Å². The van der Waals surface area contributed by atoms with E-state index in [0.717, 1.165) is 72.7 Å².